The summed E-state index contributed by atoms with van der Waals surface area (Å²) in [5, 5.41) is 0. The molecule has 1 aromatic heterocycles. The number of hydrogen-bond acceptors (Lipinski definition) is 2. The molecule has 0 aromatic carbocycles. The first kappa shape index (κ1) is 6.72. The molecule has 0 unspecified atom stereocenters. The molecule has 0 N–H and O–H groups in total. The molecular weight excluding hydrogens is 150 g/mol. The Balaban J connectivity index is 1.95. The summed E-state index contributed by atoms with van der Waals surface area (Å²) >= 11 is 0. The molecule has 3 heterocycles. The number of hydrogen-bond donors (Lipinski definition) is 0. The van der Waals surface area contributed by atoms with Crippen molar-refractivity contribution in [1.29, 1.82) is 0 Å². The summed E-state index contributed by atoms with van der Waals surface area (Å²) in [7, 11) is 0. The maximum atomic E-state index is 5.42. The Kier molecular flexibility index (Phi) is 1.32. The molecule has 1 saturated heterocycles. The van der Waals surface area contributed by atoms with Gasteiger partial charge in [0.25, 0.3) is 0 Å². The lowest BCUT2D eigenvalue weighted by Crippen LogP contribution is -2.34. The van der Waals surface area contributed by atoms with E-state index in [1.54, 1.807) is 0 Å². The van der Waals surface area contributed by atoms with Crippen LogP contribution < -0.4 is 0 Å². The average Bonchev–Trinajstić information content (AvgIpc) is 2.64. The van der Waals surface area contributed by atoms with Gasteiger partial charge in [0.05, 0.1) is 12.8 Å². The van der Waals surface area contributed by atoms with Crippen molar-refractivity contribution in [2.24, 2.45) is 0 Å². The highest BCUT2D eigenvalue weighted by Crippen LogP contribution is 2.30. The van der Waals surface area contributed by atoms with Gasteiger partial charge in [-0.15, -0.1) is 0 Å². The largest absolute Gasteiger partial charge is 0.468 e. The van der Waals surface area contributed by atoms with Gasteiger partial charge in [-0.25, -0.2) is 0 Å². The van der Waals surface area contributed by atoms with Gasteiger partial charge in [-0.3, -0.25) is 4.90 Å². The topological polar surface area (TPSA) is 16.4 Å². The molecule has 2 heteroatoms. The molecule has 1 fully saturated rings. The maximum absolute atomic E-state index is 5.42. The molecule has 2 aliphatic heterocycles. The highest BCUT2D eigenvalue weighted by atomic mass is 16.3. The van der Waals surface area contributed by atoms with Gasteiger partial charge in [0.15, 0.2) is 0 Å². The Labute approximate surface area is 72.2 Å². The van der Waals surface area contributed by atoms with E-state index in [1.807, 2.05) is 6.26 Å². The molecule has 0 saturated carbocycles. The van der Waals surface area contributed by atoms with Crippen molar-refractivity contribution in [1.82, 2.24) is 4.90 Å². The lowest BCUT2D eigenvalue weighted by atomic mass is 10.0. The van der Waals surface area contributed by atoms with E-state index in [9.17, 15) is 0 Å². The van der Waals surface area contributed by atoms with Crippen molar-refractivity contribution in [2.75, 3.05) is 6.54 Å². The summed E-state index contributed by atoms with van der Waals surface area (Å²) in [6.07, 6.45) is 5.79. The van der Waals surface area contributed by atoms with Crippen LogP contribution in [0, 0.1) is 0 Å². The van der Waals surface area contributed by atoms with Gasteiger partial charge in [-0.05, 0) is 37.4 Å². The molecular formula is C10H13NO. The first-order valence-corrected chi connectivity index (χ1v) is 4.73. The van der Waals surface area contributed by atoms with Crippen LogP contribution in [-0.2, 0) is 13.0 Å². The Morgan fingerprint density at radius 2 is 2.50 bits per heavy atom. The van der Waals surface area contributed by atoms with Crippen molar-refractivity contribution in [3.8, 4) is 0 Å². The molecule has 1 atom stereocenters. The Bertz CT molecular complexity index is 265. The van der Waals surface area contributed by atoms with Gasteiger partial charge in [-0.1, -0.05) is 0 Å². The molecule has 64 valence electrons. The lowest BCUT2D eigenvalue weighted by Gasteiger charge is -2.28. The molecule has 2 aliphatic rings. The van der Waals surface area contributed by atoms with Crippen LogP contribution in [0.1, 0.15) is 24.2 Å². The highest BCUT2D eigenvalue weighted by molar-refractivity contribution is 5.21. The van der Waals surface area contributed by atoms with Gasteiger partial charge >= 0.3 is 0 Å². The van der Waals surface area contributed by atoms with Gasteiger partial charge in [0.2, 0.25) is 0 Å². The molecule has 0 spiro atoms. The van der Waals surface area contributed by atoms with Crippen LogP contribution in [-0.4, -0.2) is 17.5 Å². The van der Waals surface area contributed by atoms with Gasteiger partial charge < -0.3 is 4.42 Å². The third-order valence-electron chi connectivity index (χ3n) is 3.14. The normalized spacial score (nSPS) is 28.5. The van der Waals surface area contributed by atoms with Crippen LogP contribution in [0.15, 0.2) is 16.7 Å². The van der Waals surface area contributed by atoms with Crippen molar-refractivity contribution in [3.63, 3.8) is 0 Å². The Morgan fingerprint density at radius 3 is 3.50 bits per heavy atom. The molecule has 12 heavy (non-hydrogen) atoms. The number of furan rings is 1. The zero-order valence-electron chi connectivity index (χ0n) is 7.12. The van der Waals surface area contributed by atoms with Crippen molar-refractivity contribution >= 4 is 0 Å². The molecule has 0 aliphatic carbocycles. The minimum Gasteiger partial charge on any atom is -0.468 e. The summed E-state index contributed by atoms with van der Waals surface area (Å²) in [5.41, 5.74) is 1.44. The third-order valence-corrected chi connectivity index (χ3v) is 3.14. The summed E-state index contributed by atoms with van der Waals surface area (Å²) in [4.78, 5) is 2.55. The summed E-state index contributed by atoms with van der Waals surface area (Å²) in [5.74, 6) is 1.20. The standard InChI is InChI=1S/C10H13NO/c1-2-9-6-8-3-5-12-10(8)7-11(9)4-1/h3,5,9H,1-2,4,6-7H2/t9-/m0/s1. The van der Waals surface area contributed by atoms with Gasteiger partial charge in [0.1, 0.15) is 5.76 Å². The number of rotatable bonds is 0. The first-order chi connectivity index (χ1) is 5.93. The molecule has 1 aromatic rings. The van der Waals surface area contributed by atoms with Gasteiger partial charge in [-0.2, -0.15) is 0 Å². The van der Waals surface area contributed by atoms with Crippen LogP contribution in [0.2, 0.25) is 0 Å². The highest BCUT2D eigenvalue weighted by Gasteiger charge is 2.30. The quantitative estimate of drug-likeness (QED) is 0.580. The minimum atomic E-state index is 0.815. The molecule has 3 rings (SSSR count). The zero-order valence-corrected chi connectivity index (χ0v) is 7.12. The van der Waals surface area contributed by atoms with Gasteiger partial charge in [0, 0.05) is 6.04 Å². The monoisotopic (exact) mass is 163 g/mol. The summed E-state index contributed by atoms with van der Waals surface area (Å²) in [6, 6.07) is 2.94. The molecule has 0 bridgehead atoms. The predicted octanol–water partition coefficient (Wildman–Crippen LogP) is 1.80. The Hall–Kier alpha value is -0.760. The SMILES string of the molecule is c1cc2c(o1)CN1CCC[C@H]1C2. The number of nitrogens with zero attached hydrogens (tertiary/aromatic N) is 1. The summed E-state index contributed by atoms with van der Waals surface area (Å²) in [6.45, 7) is 2.32. The van der Waals surface area contributed by atoms with E-state index in [0.717, 1.165) is 12.6 Å². The summed E-state index contributed by atoms with van der Waals surface area (Å²) < 4.78 is 5.42. The first-order valence-electron chi connectivity index (χ1n) is 4.73. The van der Waals surface area contributed by atoms with Crippen LogP contribution in [0.4, 0.5) is 0 Å². The fraction of sp³-hybridized carbons (Fsp3) is 0.600. The van der Waals surface area contributed by atoms with Crippen LogP contribution in [0.25, 0.3) is 0 Å². The van der Waals surface area contributed by atoms with E-state index in [-0.39, 0.29) is 0 Å². The fourth-order valence-corrected chi connectivity index (χ4v) is 2.46. The van der Waals surface area contributed by atoms with Crippen LogP contribution >= 0.6 is 0 Å². The lowest BCUT2D eigenvalue weighted by molar-refractivity contribution is 0.205. The van der Waals surface area contributed by atoms with E-state index in [4.69, 9.17) is 4.42 Å². The number of fused-ring (bicyclic) bond motifs is 2. The van der Waals surface area contributed by atoms with E-state index in [1.165, 1.54) is 37.1 Å². The zero-order chi connectivity index (χ0) is 7.97. The van der Waals surface area contributed by atoms with E-state index in [0.29, 0.717) is 0 Å². The smallest absolute Gasteiger partial charge is 0.120 e. The van der Waals surface area contributed by atoms with Crippen molar-refractivity contribution < 1.29 is 4.42 Å². The average molecular weight is 163 g/mol. The fourth-order valence-electron chi connectivity index (χ4n) is 2.46. The Morgan fingerprint density at radius 1 is 1.50 bits per heavy atom. The van der Waals surface area contributed by atoms with E-state index >= 15 is 0 Å². The predicted molar refractivity (Wildman–Crippen MR) is 45.8 cm³/mol. The molecule has 0 radical (unpaired) electrons. The van der Waals surface area contributed by atoms with Crippen LogP contribution in [0.3, 0.4) is 0 Å². The van der Waals surface area contributed by atoms with Crippen LogP contribution in [0.5, 0.6) is 0 Å². The third kappa shape index (κ3) is 0.845. The molecule has 0 amide bonds. The second-order valence-electron chi connectivity index (χ2n) is 3.84. The van der Waals surface area contributed by atoms with E-state index < -0.39 is 0 Å². The van der Waals surface area contributed by atoms with Crippen molar-refractivity contribution in [2.45, 2.75) is 31.8 Å². The van der Waals surface area contributed by atoms with E-state index in [2.05, 4.69) is 11.0 Å². The maximum Gasteiger partial charge on any atom is 0.120 e. The second kappa shape index (κ2) is 2.36. The molecule has 2 nitrogen and oxygen atoms in total. The minimum absolute atomic E-state index is 0.815. The van der Waals surface area contributed by atoms with Crippen molar-refractivity contribution in [3.05, 3.63) is 23.7 Å². The second-order valence-corrected chi connectivity index (χ2v) is 3.84.